The Labute approximate surface area is 213 Å². The van der Waals surface area contributed by atoms with Gasteiger partial charge in [-0.05, 0) is 85.0 Å². The van der Waals surface area contributed by atoms with Crippen LogP contribution in [0.5, 0.6) is 11.5 Å². The molecule has 2 saturated heterocycles. The number of nitrogens with zero attached hydrogens (tertiary/aromatic N) is 2. The van der Waals surface area contributed by atoms with Crippen LogP contribution in [0.3, 0.4) is 0 Å². The molecule has 8 rings (SSSR count). The molecule has 2 aromatic rings. The Morgan fingerprint density at radius 1 is 0.486 bits per heavy atom. The Bertz CT molecular complexity index is 1270. The summed E-state index contributed by atoms with van der Waals surface area (Å²) in [4.78, 5) is 54.8. The van der Waals surface area contributed by atoms with Crippen molar-refractivity contribution in [2.75, 3.05) is 9.80 Å². The van der Waals surface area contributed by atoms with E-state index >= 15 is 0 Å². The molecule has 4 fully saturated rings. The summed E-state index contributed by atoms with van der Waals surface area (Å²) in [6, 6.07) is 13.9. The zero-order chi connectivity index (χ0) is 25.0. The molecule has 184 valence electrons. The van der Waals surface area contributed by atoms with E-state index in [-0.39, 0.29) is 71.0 Å². The van der Waals surface area contributed by atoms with Crippen LogP contribution in [0.2, 0.25) is 0 Å². The molecule has 2 aromatic carbocycles. The summed E-state index contributed by atoms with van der Waals surface area (Å²) in [5.41, 5.74) is 1.12. The fourth-order valence-corrected chi connectivity index (χ4v) is 7.78. The number of amides is 4. The maximum atomic E-state index is 13.0. The minimum Gasteiger partial charge on any atom is -0.457 e. The third-order valence-corrected chi connectivity index (χ3v) is 9.37. The van der Waals surface area contributed by atoms with E-state index in [1.165, 1.54) is 9.80 Å². The molecule has 2 aliphatic heterocycles. The van der Waals surface area contributed by atoms with E-state index in [2.05, 4.69) is 24.3 Å². The molecular formula is C30H24N2O5. The van der Waals surface area contributed by atoms with Crippen molar-refractivity contribution in [1.82, 2.24) is 0 Å². The van der Waals surface area contributed by atoms with E-state index in [0.29, 0.717) is 22.9 Å². The monoisotopic (exact) mass is 492 g/mol. The number of carbonyl (C=O) groups is 4. The summed E-state index contributed by atoms with van der Waals surface area (Å²) in [5, 5.41) is 0. The number of benzene rings is 2. The fourth-order valence-electron chi connectivity index (χ4n) is 7.78. The third kappa shape index (κ3) is 2.77. The summed E-state index contributed by atoms with van der Waals surface area (Å²) in [6.45, 7) is 0. The van der Waals surface area contributed by atoms with Crippen molar-refractivity contribution in [2.24, 2.45) is 47.3 Å². The van der Waals surface area contributed by atoms with Crippen LogP contribution in [-0.2, 0) is 19.2 Å². The largest absolute Gasteiger partial charge is 0.457 e. The number of ether oxygens (including phenoxy) is 1. The van der Waals surface area contributed by atoms with Gasteiger partial charge in [0.25, 0.3) is 0 Å². The van der Waals surface area contributed by atoms with Gasteiger partial charge in [-0.25, -0.2) is 0 Å². The lowest BCUT2D eigenvalue weighted by Gasteiger charge is -2.18. The van der Waals surface area contributed by atoms with E-state index in [9.17, 15) is 19.2 Å². The van der Waals surface area contributed by atoms with E-state index in [4.69, 9.17) is 4.74 Å². The van der Waals surface area contributed by atoms with Crippen LogP contribution in [0.4, 0.5) is 11.4 Å². The lowest BCUT2D eigenvalue weighted by Crippen LogP contribution is -2.32. The van der Waals surface area contributed by atoms with Gasteiger partial charge in [-0.3, -0.25) is 29.0 Å². The molecule has 0 radical (unpaired) electrons. The second-order valence-corrected chi connectivity index (χ2v) is 11.1. The van der Waals surface area contributed by atoms with Crippen LogP contribution in [0.25, 0.3) is 0 Å². The van der Waals surface area contributed by atoms with Gasteiger partial charge in [0.05, 0.1) is 35.0 Å². The molecule has 0 N–H and O–H groups in total. The molecule has 2 saturated carbocycles. The van der Waals surface area contributed by atoms with Crippen LogP contribution in [0, 0.1) is 47.3 Å². The number of fused-ring (bicyclic) bond motifs is 10. The SMILES string of the molecule is O=C1[C@@H]2[C@@H](C(=O)N1c1ccc(Oc3ccc(N4C(=O)[C@@H]5[C@H](C4=O)[C@H]4C=C[C@H]5C4)cc3)cc1)[C@H]1C=C[C@H]2C1. The Kier molecular flexibility index (Phi) is 4.15. The summed E-state index contributed by atoms with van der Waals surface area (Å²) in [5.74, 6) is 0.531. The van der Waals surface area contributed by atoms with Gasteiger partial charge >= 0.3 is 0 Å². The number of hydrogen-bond acceptors (Lipinski definition) is 5. The first-order chi connectivity index (χ1) is 18.0. The van der Waals surface area contributed by atoms with Gasteiger partial charge in [0, 0.05) is 0 Å². The van der Waals surface area contributed by atoms with Crippen LogP contribution >= 0.6 is 0 Å². The van der Waals surface area contributed by atoms with Crippen molar-refractivity contribution >= 4 is 35.0 Å². The first-order valence-corrected chi connectivity index (χ1v) is 13.0. The molecule has 7 heteroatoms. The molecule has 8 atom stereocenters. The van der Waals surface area contributed by atoms with Crippen molar-refractivity contribution in [3.05, 3.63) is 72.8 Å². The maximum absolute atomic E-state index is 13.0. The predicted octanol–water partition coefficient (Wildman–Crippen LogP) is 4.10. The van der Waals surface area contributed by atoms with Crippen LogP contribution in [-0.4, -0.2) is 23.6 Å². The number of rotatable bonds is 4. The lowest BCUT2D eigenvalue weighted by molar-refractivity contribution is -0.124. The van der Waals surface area contributed by atoms with Crippen molar-refractivity contribution in [1.29, 1.82) is 0 Å². The third-order valence-electron chi connectivity index (χ3n) is 9.37. The Morgan fingerprint density at radius 3 is 1.08 bits per heavy atom. The van der Waals surface area contributed by atoms with Gasteiger partial charge in [0.2, 0.25) is 23.6 Å². The van der Waals surface area contributed by atoms with Gasteiger partial charge < -0.3 is 4.74 Å². The van der Waals surface area contributed by atoms with Crippen molar-refractivity contribution in [3.8, 4) is 11.5 Å². The molecule has 4 aliphatic carbocycles. The minimum atomic E-state index is -0.225. The van der Waals surface area contributed by atoms with E-state index in [1.807, 2.05) is 0 Å². The molecule has 0 aromatic heterocycles. The number of allylic oxidation sites excluding steroid dienone is 4. The summed E-state index contributed by atoms with van der Waals surface area (Å²) < 4.78 is 5.96. The van der Waals surface area contributed by atoms with Crippen LogP contribution < -0.4 is 14.5 Å². The average molecular weight is 493 g/mol. The highest BCUT2D eigenvalue weighted by molar-refractivity contribution is 6.23. The Hall–Kier alpha value is -4.00. The summed E-state index contributed by atoms with van der Waals surface area (Å²) in [7, 11) is 0. The molecule has 37 heavy (non-hydrogen) atoms. The normalized spacial score (nSPS) is 36.3. The maximum Gasteiger partial charge on any atom is 0.238 e. The number of hydrogen-bond donors (Lipinski definition) is 0. The van der Waals surface area contributed by atoms with E-state index < -0.39 is 0 Å². The zero-order valence-electron chi connectivity index (χ0n) is 19.9. The molecule has 4 bridgehead atoms. The van der Waals surface area contributed by atoms with Gasteiger partial charge in [0.15, 0.2) is 0 Å². The number of imide groups is 2. The fraction of sp³-hybridized carbons (Fsp3) is 0.333. The highest BCUT2D eigenvalue weighted by Crippen LogP contribution is 2.54. The van der Waals surface area contributed by atoms with Gasteiger partial charge in [-0.2, -0.15) is 0 Å². The first kappa shape index (κ1) is 21.1. The molecule has 7 nitrogen and oxygen atoms in total. The van der Waals surface area contributed by atoms with Crippen molar-refractivity contribution < 1.29 is 23.9 Å². The first-order valence-electron chi connectivity index (χ1n) is 13.0. The smallest absolute Gasteiger partial charge is 0.238 e. The highest BCUT2D eigenvalue weighted by atomic mass is 16.5. The summed E-state index contributed by atoms with van der Waals surface area (Å²) >= 11 is 0. The Balaban J connectivity index is 0.973. The standard InChI is InChI=1S/C30H24N2O5/c33-27-23-15-1-2-16(13-15)24(23)28(34)31(27)19-5-9-21(10-6-19)37-22-11-7-20(8-12-22)32-29(35)25-17-3-4-18(14-17)26(25)30(32)36/h1-12,15-18,23-26H,13-14H2/t15-,16-,17-,18-,23-,24-,25-,26+/m0/s1. The van der Waals surface area contributed by atoms with E-state index in [1.54, 1.807) is 48.5 Å². The average Bonchev–Trinajstić information content (AvgIpc) is 3.74. The second-order valence-electron chi connectivity index (χ2n) is 11.1. The van der Waals surface area contributed by atoms with Crippen molar-refractivity contribution in [2.45, 2.75) is 12.8 Å². The summed E-state index contributed by atoms with van der Waals surface area (Å²) in [6.07, 6.45) is 10.2. The van der Waals surface area contributed by atoms with Crippen LogP contribution in [0.1, 0.15) is 12.8 Å². The molecular weight excluding hydrogens is 468 g/mol. The molecule has 0 spiro atoms. The second kappa shape index (κ2) is 7.28. The van der Waals surface area contributed by atoms with Gasteiger partial charge in [0.1, 0.15) is 11.5 Å². The predicted molar refractivity (Wildman–Crippen MR) is 133 cm³/mol. The molecule has 4 amide bonds. The Morgan fingerprint density at radius 2 is 0.784 bits per heavy atom. The van der Waals surface area contributed by atoms with Gasteiger partial charge in [-0.15, -0.1) is 0 Å². The van der Waals surface area contributed by atoms with Crippen LogP contribution in [0.15, 0.2) is 72.8 Å². The zero-order valence-corrected chi connectivity index (χ0v) is 19.9. The minimum absolute atomic E-state index is 0.102. The van der Waals surface area contributed by atoms with Gasteiger partial charge in [-0.1, -0.05) is 24.3 Å². The van der Waals surface area contributed by atoms with E-state index in [0.717, 1.165) is 12.8 Å². The molecule has 0 unspecified atom stereocenters. The molecule has 2 heterocycles. The highest BCUT2D eigenvalue weighted by Gasteiger charge is 2.60. The van der Waals surface area contributed by atoms with Crippen molar-refractivity contribution in [3.63, 3.8) is 0 Å². The molecule has 6 aliphatic rings. The topological polar surface area (TPSA) is 84.0 Å². The number of carbonyl (C=O) groups excluding carboxylic acids is 4. The lowest BCUT2D eigenvalue weighted by atomic mass is 9.85. The number of anilines is 2. The quantitative estimate of drug-likeness (QED) is 0.474.